The lowest BCUT2D eigenvalue weighted by molar-refractivity contribution is -0.384. The van der Waals surface area contributed by atoms with Crippen LogP contribution in [0.2, 0.25) is 0 Å². The summed E-state index contributed by atoms with van der Waals surface area (Å²) in [6.45, 7) is 3.88. The quantitative estimate of drug-likeness (QED) is 0.411. The van der Waals surface area contributed by atoms with E-state index in [1.807, 2.05) is 6.92 Å². The maximum atomic E-state index is 11.4. The second kappa shape index (κ2) is 8.04. The summed E-state index contributed by atoms with van der Waals surface area (Å²) in [6, 6.07) is 5.73. The zero-order valence-corrected chi connectivity index (χ0v) is 10.7. The van der Waals surface area contributed by atoms with E-state index in [0.29, 0.717) is 18.8 Å². The molecule has 0 aromatic heterocycles. The number of likely N-dealkylation sites (N-methyl/N-ethyl adjacent to an activating group) is 1. The standard InChI is InChI=1S/C12H17N3O4/c1-2-13-6-7-14-12(16)9-19-11-5-3-4-10(8-11)15(17)18/h3-5,8,13H,2,6-7,9H2,1H3,(H,14,16). The van der Waals surface area contributed by atoms with Gasteiger partial charge in [0.2, 0.25) is 0 Å². The number of non-ortho nitro benzene ring substituents is 1. The third-order valence-corrected chi connectivity index (χ3v) is 2.27. The third kappa shape index (κ3) is 5.82. The molecule has 0 radical (unpaired) electrons. The first kappa shape index (κ1) is 14.9. The van der Waals surface area contributed by atoms with Crippen molar-refractivity contribution in [2.24, 2.45) is 0 Å². The van der Waals surface area contributed by atoms with E-state index in [1.165, 1.54) is 18.2 Å². The molecule has 0 bridgehead atoms. The normalized spacial score (nSPS) is 9.95. The first-order chi connectivity index (χ1) is 9.13. The molecular weight excluding hydrogens is 250 g/mol. The topological polar surface area (TPSA) is 93.5 Å². The summed E-state index contributed by atoms with van der Waals surface area (Å²) in [5.41, 5.74) is -0.0648. The van der Waals surface area contributed by atoms with Crippen LogP contribution < -0.4 is 15.4 Å². The van der Waals surface area contributed by atoms with Gasteiger partial charge >= 0.3 is 0 Å². The second-order valence-electron chi connectivity index (χ2n) is 3.75. The van der Waals surface area contributed by atoms with Gasteiger partial charge in [0.05, 0.1) is 11.0 Å². The Morgan fingerprint density at radius 1 is 1.42 bits per heavy atom. The number of carbonyl (C=O) groups excluding carboxylic acids is 1. The summed E-state index contributed by atoms with van der Waals surface area (Å²) in [6.07, 6.45) is 0. The van der Waals surface area contributed by atoms with Crippen molar-refractivity contribution in [3.63, 3.8) is 0 Å². The van der Waals surface area contributed by atoms with Crippen molar-refractivity contribution < 1.29 is 14.5 Å². The zero-order valence-electron chi connectivity index (χ0n) is 10.7. The molecule has 7 nitrogen and oxygen atoms in total. The number of nitro benzene ring substituents is 1. The third-order valence-electron chi connectivity index (χ3n) is 2.27. The van der Waals surface area contributed by atoms with Gasteiger partial charge in [-0.15, -0.1) is 0 Å². The molecule has 0 atom stereocenters. The average Bonchev–Trinajstić information content (AvgIpc) is 2.41. The van der Waals surface area contributed by atoms with Gasteiger partial charge in [0.25, 0.3) is 11.6 Å². The van der Waals surface area contributed by atoms with Gasteiger partial charge in [-0.25, -0.2) is 0 Å². The molecule has 19 heavy (non-hydrogen) atoms. The minimum absolute atomic E-state index is 0.0648. The summed E-state index contributed by atoms with van der Waals surface area (Å²) in [5.74, 6) is 0.0421. The zero-order chi connectivity index (χ0) is 14.1. The molecular formula is C12H17N3O4. The van der Waals surface area contributed by atoms with Crippen molar-refractivity contribution in [3.05, 3.63) is 34.4 Å². The largest absolute Gasteiger partial charge is 0.484 e. The number of hydrogen-bond donors (Lipinski definition) is 2. The SMILES string of the molecule is CCNCCNC(=O)COc1cccc([N+](=O)[O-])c1. The second-order valence-corrected chi connectivity index (χ2v) is 3.75. The molecule has 0 saturated heterocycles. The molecule has 0 aliphatic carbocycles. The number of hydrogen-bond acceptors (Lipinski definition) is 5. The predicted octanol–water partition coefficient (Wildman–Crippen LogP) is 0.699. The van der Waals surface area contributed by atoms with E-state index in [2.05, 4.69) is 10.6 Å². The Balaban J connectivity index is 2.33. The molecule has 0 fully saturated rings. The van der Waals surface area contributed by atoms with Gasteiger partial charge in [0, 0.05) is 19.2 Å². The molecule has 1 aromatic carbocycles. The monoisotopic (exact) mass is 267 g/mol. The van der Waals surface area contributed by atoms with Crippen LogP contribution in [-0.4, -0.2) is 37.1 Å². The Morgan fingerprint density at radius 2 is 2.21 bits per heavy atom. The van der Waals surface area contributed by atoms with E-state index >= 15 is 0 Å². The van der Waals surface area contributed by atoms with Crippen LogP contribution in [0.5, 0.6) is 5.75 Å². The number of amides is 1. The van der Waals surface area contributed by atoms with Crippen molar-refractivity contribution in [2.75, 3.05) is 26.2 Å². The first-order valence-electron chi connectivity index (χ1n) is 5.98. The number of nitrogens with one attached hydrogen (secondary N) is 2. The van der Waals surface area contributed by atoms with Crippen molar-refractivity contribution in [3.8, 4) is 5.75 Å². The summed E-state index contributed by atoms with van der Waals surface area (Å²) in [5, 5.41) is 16.3. The summed E-state index contributed by atoms with van der Waals surface area (Å²) in [4.78, 5) is 21.4. The molecule has 2 N–H and O–H groups in total. The lowest BCUT2D eigenvalue weighted by Crippen LogP contribution is -2.34. The smallest absolute Gasteiger partial charge is 0.273 e. The Bertz CT molecular complexity index is 437. The van der Waals surface area contributed by atoms with E-state index in [9.17, 15) is 14.9 Å². The summed E-state index contributed by atoms with van der Waals surface area (Å²) in [7, 11) is 0. The van der Waals surface area contributed by atoms with Crippen LogP contribution in [0.15, 0.2) is 24.3 Å². The van der Waals surface area contributed by atoms with Crippen LogP contribution >= 0.6 is 0 Å². The minimum Gasteiger partial charge on any atom is -0.484 e. The maximum absolute atomic E-state index is 11.4. The average molecular weight is 267 g/mol. The number of nitrogens with zero attached hydrogens (tertiary/aromatic N) is 1. The Morgan fingerprint density at radius 3 is 2.89 bits per heavy atom. The van der Waals surface area contributed by atoms with E-state index in [1.54, 1.807) is 6.07 Å². The van der Waals surface area contributed by atoms with Gasteiger partial charge in [-0.05, 0) is 12.6 Å². The highest BCUT2D eigenvalue weighted by Crippen LogP contribution is 2.18. The van der Waals surface area contributed by atoms with Gasteiger partial charge < -0.3 is 15.4 Å². The Kier molecular flexibility index (Phi) is 6.31. The molecule has 0 saturated carbocycles. The molecule has 0 heterocycles. The van der Waals surface area contributed by atoms with Crippen LogP contribution in [-0.2, 0) is 4.79 Å². The highest BCUT2D eigenvalue weighted by atomic mass is 16.6. The van der Waals surface area contributed by atoms with Gasteiger partial charge in [0.15, 0.2) is 6.61 Å². The van der Waals surface area contributed by atoms with Crippen LogP contribution in [0.3, 0.4) is 0 Å². The lowest BCUT2D eigenvalue weighted by Gasteiger charge is -2.07. The molecule has 1 aromatic rings. The fraction of sp³-hybridized carbons (Fsp3) is 0.417. The molecule has 104 valence electrons. The molecule has 0 aliphatic rings. The maximum Gasteiger partial charge on any atom is 0.273 e. The van der Waals surface area contributed by atoms with E-state index in [-0.39, 0.29) is 18.2 Å². The molecule has 1 amide bonds. The van der Waals surface area contributed by atoms with Crippen LogP contribution in [0.25, 0.3) is 0 Å². The molecule has 1 rings (SSSR count). The van der Waals surface area contributed by atoms with Gasteiger partial charge in [-0.2, -0.15) is 0 Å². The predicted molar refractivity (Wildman–Crippen MR) is 70.1 cm³/mol. The van der Waals surface area contributed by atoms with Crippen LogP contribution in [0, 0.1) is 10.1 Å². The van der Waals surface area contributed by atoms with Crippen molar-refractivity contribution >= 4 is 11.6 Å². The van der Waals surface area contributed by atoms with Gasteiger partial charge in [-0.3, -0.25) is 14.9 Å². The summed E-state index contributed by atoms with van der Waals surface area (Å²) >= 11 is 0. The number of nitro groups is 1. The van der Waals surface area contributed by atoms with E-state index < -0.39 is 4.92 Å². The Hall–Kier alpha value is -2.15. The molecule has 0 unspecified atom stereocenters. The Labute approximate surface area is 111 Å². The lowest BCUT2D eigenvalue weighted by atomic mass is 10.3. The van der Waals surface area contributed by atoms with Crippen LogP contribution in [0.1, 0.15) is 6.92 Å². The first-order valence-corrected chi connectivity index (χ1v) is 5.98. The fourth-order valence-corrected chi connectivity index (χ4v) is 1.35. The van der Waals surface area contributed by atoms with E-state index in [0.717, 1.165) is 6.54 Å². The fourth-order valence-electron chi connectivity index (χ4n) is 1.35. The van der Waals surface area contributed by atoms with Crippen LogP contribution in [0.4, 0.5) is 5.69 Å². The highest BCUT2D eigenvalue weighted by molar-refractivity contribution is 5.77. The summed E-state index contributed by atoms with van der Waals surface area (Å²) < 4.78 is 5.18. The van der Waals surface area contributed by atoms with Crippen molar-refractivity contribution in [1.82, 2.24) is 10.6 Å². The van der Waals surface area contributed by atoms with E-state index in [4.69, 9.17) is 4.74 Å². The molecule has 0 aliphatic heterocycles. The molecule has 7 heteroatoms. The number of benzene rings is 1. The van der Waals surface area contributed by atoms with Crippen molar-refractivity contribution in [2.45, 2.75) is 6.92 Å². The number of rotatable bonds is 8. The molecule has 0 spiro atoms. The van der Waals surface area contributed by atoms with Gasteiger partial charge in [0.1, 0.15) is 5.75 Å². The minimum atomic E-state index is -0.511. The van der Waals surface area contributed by atoms with Gasteiger partial charge in [-0.1, -0.05) is 13.0 Å². The number of carbonyl (C=O) groups is 1. The van der Waals surface area contributed by atoms with Crippen molar-refractivity contribution in [1.29, 1.82) is 0 Å². The highest BCUT2D eigenvalue weighted by Gasteiger charge is 2.07. The number of ether oxygens (including phenoxy) is 1.